The summed E-state index contributed by atoms with van der Waals surface area (Å²) in [6.45, 7) is 6.75. The molecule has 1 unspecified atom stereocenters. The molecule has 1 aromatic rings. The third-order valence-electron chi connectivity index (χ3n) is 4.02. The molecule has 2 rings (SSSR count). The normalized spacial score (nSPS) is 18.6. The molecular formula is C17H23ClN2O4S. The number of hydrogen-bond donors (Lipinski definition) is 1. The van der Waals surface area contributed by atoms with Crippen molar-refractivity contribution in [3.05, 3.63) is 35.9 Å². The van der Waals surface area contributed by atoms with Crippen molar-refractivity contribution in [2.75, 3.05) is 26.2 Å². The van der Waals surface area contributed by atoms with Gasteiger partial charge in [0.15, 0.2) is 0 Å². The van der Waals surface area contributed by atoms with Gasteiger partial charge >= 0.3 is 0 Å². The number of nitrogens with zero attached hydrogens (tertiary/aromatic N) is 1. The summed E-state index contributed by atoms with van der Waals surface area (Å²) >= 11 is 6.11. The van der Waals surface area contributed by atoms with Crippen LogP contribution in [0.4, 0.5) is 0 Å². The van der Waals surface area contributed by atoms with Crippen molar-refractivity contribution >= 4 is 27.5 Å². The van der Waals surface area contributed by atoms with E-state index in [9.17, 15) is 13.2 Å². The number of nitrogens with one attached hydrogen (secondary N) is 1. The molecule has 1 aromatic carbocycles. The van der Waals surface area contributed by atoms with Crippen LogP contribution in [0, 0.1) is 5.92 Å². The summed E-state index contributed by atoms with van der Waals surface area (Å²) in [5.74, 6) is -0.0605. The van der Waals surface area contributed by atoms with Gasteiger partial charge in [0.1, 0.15) is 5.75 Å². The maximum absolute atomic E-state index is 12.9. The van der Waals surface area contributed by atoms with E-state index in [1.54, 1.807) is 12.1 Å². The Morgan fingerprint density at radius 2 is 2.28 bits per heavy atom. The first-order chi connectivity index (χ1) is 11.9. The maximum atomic E-state index is 12.9. The average molecular weight is 387 g/mol. The molecule has 6 nitrogen and oxygen atoms in total. The third-order valence-corrected chi connectivity index (χ3v) is 6.17. The van der Waals surface area contributed by atoms with E-state index < -0.39 is 10.0 Å². The fourth-order valence-electron chi connectivity index (χ4n) is 2.76. The highest BCUT2D eigenvalue weighted by atomic mass is 35.5. The summed E-state index contributed by atoms with van der Waals surface area (Å²) in [5.41, 5.74) is 0. The first kappa shape index (κ1) is 19.8. The second-order valence-corrected chi connectivity index (χ2v) is 8.11. The lowest BCUT2D eigenvalue weighted by atomic mass is 9.99. The predicted molar refractivity (Wildman–Crippen MR) is 97.3 cm³/mol. The number of halogens is 1. The minimum Gasteiger partial charge on any atom is -0.492 e. The van der Waals surface area contributed by atoms with Crippen LogP contribution in [0.2, 0.25) is 5.02 Å². The molecule has 1 saturated heterocycles. The van der Waals surface area contributed by atoms with E-state index in [1.165, 1.54) is 16.4 Å². The number of amides is 1. The summed E-state index contributed by atoms with van der Waals surface area (Å²) in [7, 11) is -3.71. The van der Waals surface area contributed by atoms with Gasteiger partial charge in [-0.1, -0.05) is 17.7 Å². The second-order valence-electron chi connectivity index (χ2n) is 5.76. The molecule has 25 heavy (non-hydrogen) atoms. The molecule has 0 radical (unpaired) electrons. The summed E-state index contributed by atoms with van der Waals surface area (Å²) in [6.07, 6.45) is 2.90. The minimum absolute atomic E-state index is 0.105. The Kier molecular flexibility index (Phi) is 6.87. The van der Waals surface area contributed by atoms with Crippen LogP contribution in [-0.4, -0.2) is 44.9 Å². The first-order valence-corrected chi connectivity index (χ1v) is 10.0. The number of ether oxygens (including phenoxy) is 1. The number of rotatable bonds is 7. The summed E-state index contributed by atoms with van der Waals surface area (Å²) in [4.78, 5) is 12.2. The number of carbonyl (C=O) groups excluding carboxylic acids is 1. The SMILES string of the molecule is C=CCNC(=O)C1CCCN(S(=O)(=O)c2ccc(OCC)c(Cl)c2)C1. The molecule has 1 amide bonds. The smallest absolute Gasteiger partial charge is 0.243 e. The van der Waals surface area contributed by atoms with Crippen molar-refractivity contribution in [1.29, 1.82) is 0 Å². The largest absolute Gasteiger partial charge is 0.492 e. The average Bonchev–Trinajstić information content (AvgIpc) is 2.61. The fourth-order valence-corrected chi connectivity index (χ4v) is 4.61. The standard InChI is InChI=1S/C17H23ClN2O4S/c1-3-9-19-17(21)13-6-5-10-20(12-13)25(22,23)14-7-8-16(24-4-2)15(18)11-14/h3,7-8,11,13H,1,4-6,9-10,12H2,2H3,(H,19,21). The van der Waals surface area contributed by atoms with Crippen LogP contribution in [0.25, 0.3) is 0 Å². The van der Waals surface area contributed by atoms with Gasteiger partial charge in [-0.25, -0.2) is 8.42 Å². The van der Waals surface area contributed by atoms with Crippen molar-refractivity contribution < 1.29 is 17.9 Å². The Hall–Kier alpha value is -1.57. The van der Waals surface area contributed by atoms with Crippen LogP contribution >= 0.6 is 11.6 Å². The summed E-state index contributed by atoms with van der Waals surface area (Å²) in [5, 5.41) is 2.98. The highest BCUT2D eigenvalue weighted by Crippen LogP contribution is 2.30. The van der Waals surface area contributed by atoms with Gasteiger partial charge in [-0.3, -0.25) is 4.79 Å². The van der Waals surface area contributed by atoms with Crippen molar-refractivity contribution in [1.82, 2.24) is 9.62 Å². The fraction of sp³-hybridized carbons (Fsp3) is 0.471. The Morgan fingerprint density at radius 3 is 2.92 bits per heavy atom. The second kappa shape index (κ2) is 8.69. The van der Waals surface area contributed by atoms with E-state index in [0.717, 1.165) is 0 Å². The van der Waals surface area contributed by atoms with Gasteiger partial charge in [0.25, 0.3) is 0 Å². The Labute approximate surface area is 153 Å². The van der Waals surface area contributed by atoms with Crippen molar-refractivity contribution in [2.45, 2.75) is 24.7 Å². The van der Waals surface area contributed by atoms with Crippen LogP contribution < -0.4 is 10.1 Å². The monoisotopic (exact) mass is 386 g/mol. The summed E-state index contributed by atoms with van der Waals surface area (Å²) in [6, 6.07) is 4.42. The molecule has 138 valence electrons. The molecule has 0 aliphatic carbocycles. The molecule has 1 aliphatic heterocycles. The van der Waals surface area contributed by atoms with E-state index >= 15 is 0 Å². The molecule has 1 heterocycles. The van der Waals surface area contributed by atoms with Crippen LogP contribution in [0.15, 0.2) is 35.7 Å². The Morgan fingerprint density at radius 1 is 1.52 bits per heavy atom. The van der Waals surface area contributed by atoms with Gasteiger partial charge in [0, 0.05) is 19.6 Å². The zero-order valence-electron chi connectivity index (χ0n) is 14.2. The molecule has 0 spiro atoms. The van der Waals surface area contributed by atoms with E-state index in [-0.39, 0.29) is 28.3 Å². The quantitative estimate of drug-likeness (QED) is 0.730. The lowest BCUT2D eigenvalue weighted by Crippen LogP contribution is -2.45. The molecule has 1 atom stereocenters. The Balaban J connectivity index is 2.17. The van der Waals surface area contributed by atoms with Crippen LogP contribution in [0.5, 0.6) is 5.75 Å². The van der Waals surface area contributed by atoms with Gasteiger partial charge in [0.05, 0.1) is 22.4 Å². The molecule has 8 heteroatoms. The first-order valence-electron chi connectivity index (χ1n) is 8.21. The van der Waals surface area contributed by atoms with Gasteiger partial charge in [-0.05, 0) is 38.0 Å². The van der Waals surface area contributed by atoms with Crippen molar-refractivity contribution in [2.24, 2.45) is 5.92 Å². The van der Waals surface area contributed by atoms with Gasteiger partial charge in [-0.2, -0.15) is 4.31 Å². The number of carbonyl (C=O) groups is 1. The highest BCUT2D eigenvalue weighted by Gasteiger charge is 2.33. The number of sulfonamides is 1. The molecular weight excluding hydrogens is 364 g/mol. The van der Waals surface area contributed by atoms with Gasteiger partial charge in [-0.15, -0.1) is 6.58 Å². The predicted octanol–water partition coefficient (Wildman–Crippen LogP) is 2.44. The van der Waals surface area contributed by atoms with Crippen molar-refractivity contribution in [3.63, 3.8) is 0 Å². The zero-order valence-corrected chi connectivity index (χ0v) is 15.8. The van der Waals surface area contributed by atoms with Crippen LogP contribution in [-0.2, 0) is 14.8 Å². The van der Waals surface area contributed by atoms with Gasteiger partial charge < -0.3 is 10.1 Å². The van der Waals surface area contributed by atoms with Gasteiger partial charge in [0.2, 0.25) is 15.9 Å². The molecule has 0 bridgehead atoms. The highest BCUT2D eigenvalue weighted by molar-refractivity contribution is 7.89. The van der Waals surface area contributed by atoms with Crippen molar-refractivity contribution in [3.8, 4) is 5.75 Å². The number of benzene rings is 1. The third kappa shape index (κ3) is 4.74. The van der Waals surface area contributed by atoms with E-state index in [4.69, 9.17) is 16.3 Å². The summed E-state index contributed by atoms with van der Waals surface area (Å²) < 4.78 is 32.4. The lowest BCUT2D eigenvalue weighted by Gasteiger charge is -2.31. The molecule has 1 fully saturated rings. The van der Waals surface area contributed by atoms with E-state index in [2.05, 4.69) is 11.9 Å². The van der Waals surface area contributed by atoms with Crippen LogP contribution in [0.3, 0.4) is 0 Å². The minimum atomic E-state index is -3.71. The lowest BCUT2D eigenvalue weighted by molar-refractivity contribution is -0.125. The van der Waals surface area contributed by atoms with E-state index in [1.807, 2.05) is 6.92 Å². The zero-order chi connectivity index (χ0) is 18.4. The van der Waals surface area contributed by atoms with Crippen LogP contribution in [0.1, 0.15) is 19.8 Å². The molecule has 0 saturated carbocycles. The number of piperidine rings is 1. The maximum Gasteiger partial charge on any atom is 0.243 e. The molecule has 1 N–H and O–H groups in total. The Bertz CT molecular complexity index is 736. The number of hydrogen-bond acceptors (Lipinski definition) is 4. The topological polar surface area (TPSA) is 75.7 Å². The molecule has 1 aliphatic rings. The molecule has 0 aromatic heterocycles. The van der Waals surface area contributed by atoms with E-state index in [0.29, 0.717) is 38.3 Å².